The van der Waals surface area contributed by atoms with Crippen LogP contribution in [0.2, 0.25) is 0 Å². The van der Waals surface area contributed by atoms with E-state index in [9.17, 15) is 9.83 Å². The Kier molecular flexibility index (Phi) is 20.1. The van der Waals surface area contributed by atoms with Gasteiger partial charge in [-0.15, -0.1) is 0 Å². The summed E-state index contributed by atoms with van der Waals surface area (Å²) in [4.78, 5) is 18.3. The van der Waals surface area contributed by atoms with Gasteiger partial charge in [0.05, 0.1) is 18.3 Å². The number of nitriles is 1. The molecule has 7 nitrogen and oxygen atoms in total. The van der Waals surface area contributed by atoms with Crippen LogP contribution < -0.4 is 9.47 Å². The molecule has 0 aliphatic carbocycles. The average Bonchev–Trinajstić information content (AvgIpc) is 2.88. The van der Waals surface area contributed by atoms with E-state index in [2.05, 4.69) is 13.0 Å². The standard InChI is InChI=1S/C31H54NO6P/c1-4-5-6-7-8-9-10-11-12-13-14-15-16-17-18-19-20-21-30(26-36-39(33,34)35)38-29-23-22-28(25-32)31(24-29)37-27(2)3/h22-24,27,30H,4-21,26H2,1-3H3,(H2,33,34,35). The minimum Gasteiger partial charge on any atom is -0.489 e. The summed E-state index contributed by atoms with van der Waals surface area (Å²) in [5.74, 6) is 0.911. The van der Waals surface area contributed by atoms with E-state index < -0.39 is 13.9 Å². The first kappa shape index (κ1) is 35.4. The van der Waals surface area contributed by atoms with Crippen LogP contribution in [0.5, 0.6) is 11.5 Å². The van der Waals surface area contributed by atoms with Gasteiger partial charge in [-0.05, 0) is 38.8 Å². The van der Waals surface area contributed by atoms with Crippen LogP contribution in [-0.4, -0.2) is 28.6 Å². The summed E-state index contributed by atoms with van der Waals surface area (Å²) in [5, 5.41) is 9.32. The highest BCUT2D eigenvalue weighted by Crippen LogP contribution is 2.36. The monoisotopic (exact) mass is 567 g/mol. The molecule has 0 fully saturated rings. The topological polar surface area (TPSA) is 109 Å². The van der Waals surface area contributed by atoms with Crippen molar-refractivity contribution in [3.05, 3.63) is 23.8 Å². The molecular formula is C31H54NO6P. The van der Waals surface area contributed by atoms with Crippen molar-refractivity contribution in [3.8, 4) is 17.6 Å². The fourth-order valence-corrected chi connectivity index (χ4v) is 5.03. The number of rotatable bonds is 25. The lowest BCUT2D eigenvalue weighted by atomic mass is 10.0. The van der Waals surface area contributed by atoms with E-state index in [1.807, 2.05) is 13.8 Å². The van der Waals surface area contributed by atoms with Gasteiger partial charge in [0, 0.05) is 6.07 Å². The summed E-state index contributed by atoms with van der Waals surface area (Å²) < 4.78 is 27.7. The Hall–Kier alpha value is -1.58. The first-order valence-corrected chi connectivity index (χ1v) is 16.9. The van der Waals surface area contributed by atoms with Gasteiger partial charge in [-0.1, -0.05) is 110 Å². The lowest BCUT2D eigenvalue weighted by molar-refractivity contribution is 0.0937. The zero-order chi connectivity index (χ0) is 28.8. The number of benzene rings is 1. The van der Waals surface area contributed by atoms with Crippen molar-refractivity contribution in [2.24, 2.45) is 0 Å². The minimum absolute atomic E-state index is 0.101. The number of nitrogens with zero attached hydrogens (tertiary/aromatic N) is 1. The van der Waals surface area contributed by atoms with E-state index in [4.69, 9.17) is 23.8 Å². The molecule has 1 atom stereocenters. The molecule has 8 heteroatoms. The molecule has 0 bridgehead atoms. The van der Waals surface area contributed by atoms with Crippen LogP contribution in [0.15, 0.2) is 18.2 Å². The number of phosphoric acid groups is 1. The Morgan fingerprint density at radius 1 is 0.795 bits per heavy atom. The normalized spacial score (nSPS) is 12.4. The lowest BCUT2D eigenvalue weighted by Gasteiger charge is -2.20. The molecule has 0 amide bonds. The van der Waals surface area contributed by atoms with Crippen LogP contribution in [0, 0.1) is 11.3 Å². The summed E-state index contributed by atoms with van der Waals surface area (Å²) in [5.41, 5.74) is 0.409. The molecule has 224 valence electrons. The average molecular weight is 568 g/mol. The van der Waals surface area contributed by atoms with E-state index in [1.165, 1.54) is 89.9 Å². The van der Waals surface area contributed by atoms with E-state index in [0.29, 0.717) is 23.5 Å². The maximum atomic E-state index is 11.2. The second kappa shape index (κ2) is 22.1. The second-order valence-corrected chi connectivity index (χ2v) is 12.1. The van der Waals surface area contributed by atoms with Gasteiger partial charge in [-0.2, -0.15) is 5.26 Å². The Morgan fingerprint density at radius 3 is 1.72 bits per heavy atom. The summed E-state index contributed by atoms with van der Waals surface area (Å²) in [6.07, 6.45) is 22.1. The van der Waals surface area contributed by atoms with Gasteiger partial charge in [-0.3, -0.25) is 4.52 Å². The maximum absolute atomic E-state index is 11.2. The summed E-state index contributed by atoms with van der Waals surface area (Å²) in [6.45, 7) is 5.82. The SMILES string of the molecule is CCCCCCCCCCCCCCCCCCCC(COP(=O)(O)O)Oc1ccc(C#N)c(OC(C)C)c1. The molecule has 0 aromatic heterocycles. The third-order valence-electron chi connectivity index (χ3n) is 6.80. The van der Waals surface area contributed by atoms with E-state index in [0.717, 1.165) is 19.3 Å². The summed E-state index contributed by atoms with van der Waals surface area (Å²) >= 11 is 0. The molecule has 0 radical (unpaired) electrons. The van der Waals surface area contributed by atoms with Crippen molar-refractivity contribution in [1.29, 1.82) is 5.26 Å². The second-order valence-electron chi connectivity index (χ2n) is 10.9. The van der Waals surface area contributed by atoms with Crippen molar-refractivity contribution in [1.82, 2.24) is 0 Å². The number of unbranched alkanes of at least 4 members (excludes halogenated alkanes) is 16. The van der Waals surface area contributed by atoms with Crippen LogP contribution in [-0.2, 0) is 9.09 Å². The fourth-order valence-electron chi connectivity index (χ4n) is 4.67. The number of hydrogen-bond acceptors (Lipinski definition) is 5. The van der Waals surface area contributed by atoms with Gasteiger partial charge in [-0.25, -0.2) is 4.57 Å². The highest BCUT2D eigenvalue weighted by Gasteiger charge is 2.20. The Bertz CT molecular complexity index is 835. The van der Waals surface area contributed by atoms with Gasteiger partial charge >= 0.3 is 7.82 Å². The van der Waals surface area contributed by atoms with Gasteiger partial charge < -0.3 is 19.3 Å². The van der Waals surface area contributed by atoms with Crippen molar-refractivity contribution in [2.75, 3.05) is 6.61 Å². The number of phosphoric ester groups is 1. The molecule has 0 heterocycles. The highest BCUT2D eigenvalue weighted by molar-refractivity contribution is 7.46. The number of ether oxygens (including phenoxy) is 2. The smallest absolute Gasteiger partial charge is 0.469 e. The summed E-state index contributed by atoms with van der Waals surface area (Å²) in [6, 6.07) is 7.06. The van der Waals surface area contributed by atoms with Crippen molar-refractivity contribution in [3.63, 3.8) is 0 Å². The first-order chi connectivity index (χ1) is 18.7. The molecule has 0 aliphatic rings. The fraction of sp³-hybridized carbons (Fsp3) is 0.774. The minimum atomic E-state index is -4.59. The van der Waals surface area contributed by atoms with E-state index in [1.54, 1.807) is 18.2 Å². The van der Waals surface area contributed by atoms with Crippen LogP contribution in [0.3, 0.4) is 0 Å². The molecule has 0 spiro atoms. The molecule has 2 N–H and O–H groups in total. The molecule has 39 heavy (non-hydrogen) atoms. The molecule has 1 aromatic carbocycles. The van der Waals surface area contributed by atoms with Crippen molar-refractivity contribution < 1.29 is 28.3 Å². The lowest BCUT2D eigenvalue weighted by Crippen LogP contribution is -2.22. The third-order valence-corrected chi connectivity index (χ3v) is 7.28. The largest absolute Gasteiger partial charge is 0.489 e. The van der Waals surface area contributed by atoms with Gasteiger partial charge in [0.2, 0.25) is 0 Å². The predicted octanol–water partition coefficient (Wildman–Crippen LogP) is 9.24. The number of hydrogen-bond donors (Lipinski definition) is 2. The molecule has 0 saturated carbocycles. The zero-order valence-corrected chi connectivity index (χ0v) is 25.6. The molecule has 1 unspecified atom stereocenters. The maximum Gasteiger partial charge on any atom is 0.469 e. The van der Waals surface area contributed by atoms with Crippen LogP contribution >= 0.6 is 7.82 Å². The Balaban J connectivity index is 2.25. The Labute approximate surface area is 237 Å². The predicted molar refractivity (Wildman–Crippen MR) is 158 cm³/mol. The highest BCUT2D eigenvalue weighted by atomic mass is 31.2. The molecule has 1 aromatic rings. The zero-order valence-electron chi connectivity index (χ0n) is 24.7. The van der Waals surface area contributed by atoms with Gasteiger partial charge in [0.1, 0.15) is 23.7 Å². The van der Waals surface area contributed by atoms with E-state index >= 15 is 0 Å². The molecule has 0 aliphatic heterocycles. The van der Waals surface area contributed by atoms with Crippen molar-refractivity contribution >= 4 is 7.82 Å². The van der Waals surface area contributed by atoms with Crippen LogP contribution in [0.1, 0.15) is 142 Å². The molecule has 0 saturated heterocycles. The molecule has 1 rings (SSSR count). The van der Waals surface area contributed by atoms with Gasteiger partial charge in [0.15, 0.2) is 0 Å². The van der Waals surface area contributed by atoms with Crippen LogP contribution in [0.4, 0.5) is 0 Å². The van der Waals surface area contributed by atoms with E-state index in [-0.39, 0.29) is 12.7 Å². The quantitative estimate of drug-likeness (QED) is 0.0895. The van der Waals surface area contributed by atoms with Crippen molar-refractivity contribution in [2.45, 2.75) is 149 Å². The van der Waals surface area contributed by atoms with Gasteiger partial charge in [0.25, 0.3) is 0 Å². The first-order valence-electron chi connectivity index (χ1n) is 15.3. The summed E-state index contributed by atoms with van der Waals surface area (Å²) in [7, 11) is -4.59. The Morgan fingerprint density at radius 2 is 1.28 bits per heavy atom. The van der Waals surface area contributed by atoms with Crippen LogP contribution in [0.25, 0.3) is 0 Å². The molecular weight excluding hydrogens is 513 g/mol. The third kappa shape index (κ3) is 20.0.